The normalized spacial score (nSPS) is 10.8. The van der Waals surface area contributed by atoms with Gasteiger partial charge in [0, 0.05) is 24.2 Å². The number of anilines is 2. The summed E-state index contributed by atoms with van der Waals surface area (Å²) in [6, 6.07) is 9.19. The highest BCUT2D eigenvalue weighted by molar-refractivity contribution is 5.97. The molecular formula is C18H19FN6O. The van der Waals surface area contributed by atoms with Gasteiger partial charge < -0.3 is 0 Å². The second-order valence-electron chi connectivity index (χ2n) is 6.06. The lowest BCUT2D eigenvalue weighted by molar-refractivity contribution is 0.262. The van der Waals surface area contributed by atoms with E-state index in [1.54, 1.807) is 35.3 Å². The maximum atomic E-state index is 12.9. The van der Waals surface area contributed by atoms with Crippen molar-refractivity contribution in [1.29, 1.82) is 0 Å². The molecule has 0 aliphatic heterocycles. The third-order valence-electron chi connectivity index (χ3n) is 3.63. The predicted octanol–water partition coefficient (Wildman–Crippen LogP) is 3.63. The van der Waals surface area contributed by atoms with Gasteiger partial charge >= 0.3 is 6.03 Å². The van der Waals surface area contributed by atoms with Crippen LogP contribution in [0.4, 0.5) is 21.0 Å². The van der Waals surface area contributed by atoms with E-state index in [0.29, 0.717) is 12.4 Å². The van der Waals surface area contributed by atoms with Crippen LogP contribution in [0.5, 0.6) is 0 Å². The van der Waals surface area contributed by atoms with Crippen molar-refractivity contribution in [2.45, 2.75) is 26.3 Å². The van der Waals surface area contributed by atoms with Gasteiger partial charge in [0.25, 0.3) is 0 Å². The van der Waals surface area contributed by atoms with E-state index in [4.69, 9.17) is 0 Å². The summed E-state index contributed by atoms with van der Waals surface area (Å²) >= 11 is 0. The summed E-state index contributed by atoms with van der Waals surface area (Å²) in [5.41, 5.74) is 1.75. The molecule has 2 N–H and O–H groups in total. The average Bonchev–Trinajstić information content (AvgIpc) is 3.04. The first-order valence-electron chi connectivity index (χ1n) is 8.18. The number of nitrogens with one attached hydrogen (secondary N) is 2. The highest BCUT2D eigenvalue weighted by atomic mass is 19.1. The van der Waals surface area contributed by atoms with Crippen LogP contribution < -0.4 is 10.6 Å². The van der Waals surface area contributed by atoms with Crippen LogP contribution >= 0.6 is 0 Å². The fourth-order valence-electron chi connectivity index (χ4n) is 2.30. The highest BCUT2D eigenvalue weighted by Crippen LogP contribution is 2.12. The fourth-order valence-corrected chi connectivity index (χ4v) is 2.30. The molecular weight excluding hydrogens is 335 g/mol. The summed E-state index contributed by atoms with van der Waals surface area (Å²) in [6.45, 7) is 4.50. The van der Waals surface area contributed by atoms with Crippen molar-refractivity contribution in [3.8, 4) is 0 Å². The Morgan fingerprint density at radius 2 is 1.92 bits per heavy atom. The van der Waals surface area contributed by atoms with Crippen molar-refractivity contribution in [2.24, 2.45) is 0 Å². The molecule has 3 aromatic rings. The standard InChI is InChI=1S/C18H19FN6O/c1-12(2)15-7-9-20-17(21-15)23-18(26)22-16-8-10-25(24-16)11-13-3-5-14(19)6-4-13/h3-10,12H,11H2,1-2H3,(H2,20,21,22,23,24,26). The summed E-state index contributed by atoms with van der Waals surface area (Å²) in [7, 11) is 0. The third kappa shape index (κ3) is 4.62. The van der Waals surface area contributed by atoms with Gasteiger partial charge in [0.15, 0.2) is 5.82 Å². The third-order valence-corrected chi connectivity index (χ3v) is 3.63. The zero-order valence-corrected chi connectivity index (χ0v) is 14.5. The SMILES string of the molecule is CC(C)c1ccnc(NC(=O)Nc2ccn(Cc3ccc(F)cc3)n2)n1. The Hall–Kier alpha value is -3.29. The molecule has 0 aliphatic rings. The number of hydrogen-bond acceptors (Lipinski definition) is 4. The molecule has 1 aromatic carbocycles. The summed E-state index contributed by atoms with van der Waals surface area (Å²) in [5, 5.41) is 9.49. The number of hydrogen-bond donors (Lipinski definition) is 2. The van der Waals surface area contributed by atoms with E-state index >= 15 is 0 Å². The largest absolute Gasteiger partial charge is 0.327 e. The van der Waals surface area contributed by atoms with Gasteiger partial charge in [0.2, 0.25) is 5.95 Å². The number of carbonyl (C=O) groups excluding carboxylic acids is 1. The maximum absolute atomic E-state index is 12.9. The summed E-state index contributed by atoms with van der Waals surface area (Å²) in [4.78, 5) is 20.4. The van der Waals surface area contributed by atoms with Gasteiger partial charge in [-0.1, -0.05) is 26.0 Å². The molecule has 0 bridgehead atoms. The minimum atomic E-state index is -0.474. The minimum absolute atomic E-state index is 0.236. The van der Waals surface area contributed by atoms with E-state index < -0.39 is 6.03 Å². The number of halogens is 1. The number of amides is 2. The summed E-state index contributed by atoms with van der Waals surface area (Å²) in [5.74, 6) is 0.588. The molecule has 8 heteroatoms. The lowest BCUT2D eigenvalue weighted by Gasteiger charge is -2.07. The van der Waals surface area contributed by atoms with Crippen LogP contribution in [0.15, 0.2) is 48.8 Å². The Labute approximate surface area is 150 Å². The van der Waals surface area contributed by atoms with Gasteiger partial charge in [-0.15, -0.1) is 0 Å². The van der Waals surface area contributed by atoms with E-state index in [2.05, 4.69) is 25.7 Å². The Morgan fingerprint density at radius 3 is 2.65 bits per heavy atom. The molecule has 0 fully saturated rings. The predicted molar refractivity (Wildman–Crippen MR) is 96.5 cm³/mol. The zero-order chi connectivity index (χ0) is 18.5. The van der Waals surface area contributed by atoms with Crippen LogP contribution in [-0.2, 0) is 6.54 Å². The van der Waals surface area contributed by atoms with Crippen LogP contribution in [0.3, 0.4) is 0 Å². The van der Waals surface area contributed by atoms with Crippen molar-refractivity contribution >= 4 is 17.8 Å². The molecule has 0 radical (unpaired) electrons. The molecule has 0 aliphatic carbocycles. The van der Waals surface area contributed by atoms with Crippen LogP contribution in [0.25, 0.3) is 0 Å². The van der Waals surface area contributed by atoms with Gasteiger partial charge in [-0.3, -0.25) is 15.3 Å². The lowest BCUT2D eigenvalue weighted by atomic mass is 10.1. The van der Waals surface area contributed by atoms with Crippen LogP contribution in [0.1, 0.15) is 31.0 Å². The Morgan fingerprint density at radius 1 is 1.15 bits per heavy atom. The molecule has 2 heterocycles. The summed E-state index contributed by atoms with van der Waals surface area (Å²) in [6.07, 6.45) is 3.34. The van der Waals surface area contributed by atoms with E-state index in [9.17, 15) is 9.18 Å². The smallest absolute Gasteiger partial charge is 0.291 e. The van der Waals surface area contributed by atoms with Crippen LogP contribution in [-0.4, -0.2) is 25.8 Å². The van der Waals surface area contributed by atoms with E-state index in [1.165, 1.54) is 12.1 Å². The second-order valence-corrected chi connectivity index (χ2v) is 6.06. The molecule has 0 saturated heterocycles. The Balaban J connectivity index is 1.59. The molecule has 0 unspecified atom stereocenters. The molecule has 26 heavy (non-hydrogen) atoms. The zero-order valence-electron chi connectivity index (χ0n) is 14.5. The number of nitrogens with zero attached hydrogens (tertiary/aromatic N) is 4. The van der Waals surface area contributed by atoms with Crippen molar-refractivity contribution < 1.29 is 9.18 Å². The first-order chi connectivity index (χ1) is 12.5. The van der Waals surface area contributed by atoms with Crippen LogP contribution in [0, 0.1) is 5.82 Å². The minimum Gasteiger partial charge on any atom is -0.291 e. The van der Waals surface area contributed by atoms with Gasteiger partial charge in [-0.05, 0) is 29.7 Å². The highest BCUT2D eigenvalue weighted by Gasteiger charge is 2.09. The van der Waals surface area contributed by atoms with Gasteiger partial charge in [-0.25, -0.2) is 19.2 Å². The van der Waals surface area contributed by atoms with Crippen molar-refractivity contribution in [2.75, 3.05) is 10.6 Å². The van der Waals surface area contributed by atoms with Gasteiger partial charge in [0.1, 0.15) is 5.82 Å². The first kappa shape index (κ1) is 17.5. The molecule has 0 spiro atoms. The molecule has 134 valence electrons. The van der Waals surface area contributed by atoms with Crippen LogP contribution in [0.2, 0.25) is 0 Å². The van der Waals surface area contributed by atoms with Crippen molar-refractivity contribution in [1.82, 2.24) is 19.7 Å². The lowest BCUT2D eigenvalue weighted by Crippen LogP contribution is -2.21. The number of urea groups is 1. The Kier molecular flexibility index (Phi) is 5.21. The van der Waals surface area contributed by atoms with E-state index in [-0.39, 0.29) is 17.7 Å². The molecule has 0 atom stereocenters. The molecule has 2 amide bonds. The van der Waals surface area contributed by atoms with Crippen molar-refractivity contribution in [3.63, 3.8) is 0 Å². The molecule has 2 aromatic heterocycles. The monoisotopic (exact) mass is 354 g/mol. The van der Waals surface area contributed by atoms with Crippen molar-refractivity contribution in [3.05, 3.63) is 65.9 Å². The van der Waals surface area contributed by atoms with Gasteiger partial charge in [0.05, 0.1) is 6.54 Å². The van der Waals surface area contributed by atoms with E-state index in [1.807, 2.05) is 19.9 Å². The Bertz CT molecular complexity index is 891. The number of aromatic nitrogens is 4. The van der Waals surface area contributed by atoms with Gasteiger partial charge in [-0.2, -0.15) is 5.10 Å². The first-order valence-corrected chi connectivity index (χ1v) is 8.18. The summed E-state index contributed by atoms with van der Waals surface area (Å²) < 4.78 is 14.6. The maximum Gasteiger partial charge on any atom is 0.327 e. The molecule has 7 nitrogen and oxygen atoms in total. The molecule has 3 rings (SSSR count). The number of benzene rings is 1. The average molecular weight is 354 g/mol. The topological polar surface area (TPSA) is 84.7 Å². The van der Waals surface area contributed by atoms with E-state index in [0.717, 1.165) is 11.3 Å². The number of rotatable bonds is 5. The number of carbonyl (C=O) groups is 1. The molecule has 0 saturated carbocycles. The fraction of sp³-hybridized carbons (Fsp3) is 0.222. The quantitative estimate of drug-likeness (QED) is 0.733. The second kappa shape index (κ2) is 7.73.